The molecule has 16 heavy (non-hydrogen) atoms. The largest absolute Gasteiger partial charge is 0.409 e. The van der Waals surface area contributed by atoms with Gasteiger partial charge >= 0.3 is 0 Å². The zero-order valence-electron chi connectivity index (χ0n) is 8.70. The lowest BCUT2D eigenvalue weighted by molar-refractivity contribution is 0.0958. The second kappa shape index (κ2) is 5.50. The van der Waals surface area contributed by atoms with Crippen molar-refractivity contribution in [3.8, 4) is 0 Å². The molecule has 1 aromatic rings. The molecular formula is C10H12BrN3O2. The van der Waals surface area contributed by atoms with Crippen LogP contribution < -0.4 is 11.1 Å². The maximum Gasteiger partial charge on any atom is 0.251 e. The molecule has 0 radical (unpaired) electrons. The number of oxime groups is 1. The third-order valence-electron chi connectivity index (χ3n) is 1.99. The maximum atomic E-state index is 11.7. The Kier molecular flexibility index (Phi) is 4.30. The topological polar surface area (TPSA) is 87.7 Å². The number of nitrogens with zero attached hydrogens (tertiary/aromatic N) is 1. The van der Waals surface area contributed by atoms with Crippen molar-refractivity contribution < 1.29 is 10.0 Å². The van der Waals surface area contributed by atoms with Crippen molar-refractivity contribution in [2.24, 2.45) is 10.9 Å². The molecule has 0 bridgehead atoms. The highest BCUT2D eigenvalue weighted by molar-refractivity contribution is 9.10. The van der Waals surface area contributed by atoms with Crippen molar-refractivity contribution in [2.45, 2.75) is 6.92 Å². The van der Waals surface area contributed by atoms with E-state index in [1.807, 2.05) is 13.0 Å². The highest BCUT2D eigenvalue weighted by Gasteiger charge is 2.08. The number of aryl methyl sites for hydroxylation is 1. The molecule has 0 fully saturated rings. The van der Waals surface area contributed by atoms with Crippen molar-refractivity contribution in [2.75, 3.05) is 6.54 Å². The van der Waals surface area contributed by atoms with Crippen molar-refractivity contribution >= 4 is 27.7 Å². The summed E-state index contributed by atoms with van der Waals surface area (Å²) in [7, 11) is 0. The molecule has 0 saturated heterocycles. The Morgan fingerprint density at radius 1 is 1.62 bits per heavy atom. The predicted octanol–water partition coefficient (Wildman–Crippen LogP) is 1.23. The van der Waals surface area contributed by atoms with E-state index in [1.165, 1.54) is 0 Å². The molecule has 4 N–H and O–H groups in total. The van der Waals surface area contributed by atoms with Crippen LogP contribution in [0.1, 0.15) is 15.9 Å². The smallest absolute Gasteiger partial charge is 0.251 e. The van der Waals surface area contributed by atoms with Crippen LogP contribution in [0.3, 0.4) is 0 Å². The molecule has 1 rings (SSSR count). The number of halogens is 1. The van der Waals surface area contributed by atoms with Crippen molar-refractivity contribution in [3.63, 3.8) is 0 Å². The fourth-order valence-corrected chi connectivity index (χ4v) is 1.66. The van der Waals surface area contributed by atoms with Gasteiger partial charge in [-0.15, -0.1) is 0 Å². The fourth-order valence-electron chi connectivity index (χ4n) is 1.18. The molecule has 0 aliphatic heterocycles. The molecule has 1 amide bonds. The summed E-state index contributed by atoms with van der Waals surface area (Å²) in [5.41, 5.74) is 6.66. The van der Waals surface area contributed by atoms with E-state index in [4.69, 9.17) is 10.9 Å². The number of carbonyl (C=O) groups excluding carboxylic acids is 1. The summed E-state index contributed by atoms with van der Waals surface area (Å²) in [6, 6.07) is 5.34. The minimum absolute atomic E-state index is 0.0187. The molecule has 0 saturated carbocycles. The number of hydrogen-bond acceptors (Lipinski definition) is 3. The van der Waals surface area contributed by atoms with E-state index in [0.717, 1.165) is 10.0 Å². The van der Waals surface area contributed by atoms with Crippen molar-refractivity contribution in [1.29, 1.82) is 0 Å². The van der Waals surface area contributed by atoms with E-state index >= 15 is 0 Å². The number of nitrogens with one attached hydrogen (secondary N) is 1. The van der Waals surface area contributed by atoms with Crippen LogP contribution in [-0.2, 0) is 0 Å². The average molecular weight is 286 g/mol. The van der Waals surface area contributed by atoms with E-state index in [-0.39, 0.29) is 18.3 Å². The molecule has 0 heterocycles. The van der Waals surface area contributed by atoms with E-state index in [2.05, 4.69) is 26.4 Å². The lowest BCUT2D eigenvalue weighted by atomic mass is 10.1. The summed E-state index contributed by atoms with van der Waals surface area (Å²) in [5, 5.41) is 13.6. The van der Waals surface area contributed by atoms with Gasteiger partial charge in [0.2, 0.25) is 0 Å². The number of nitrogens with two attached hydrogens (primary N) is 1. The first-order chi connectivity index (χ1) is 7.54. The van der Waals surface area contributed by atoms with Gasteiger partial charge in [-0.25, -0.2) is 0 Å². The molecule has 0 spiro atoms. The molecule has 0 aliphatic rings. The van der Waals surface area contributed by atoms with Crippen LogP contribution in [0.25, 0.3) is 0 Å². The van der Waals surface area contributed by atoms with Crippen LogP contribution in [0.5, 0.6) is 0 Å². The normalized spacial score (nSPS) is 11.2. The van der Waals surface area contributed by atoms with E-state index in [0.29, 0.717) is 5.56 Å². The van der Waals surface area contributed by atoms with Crippen LogP contribution in [0.2, 0.25) is 0 Å². The van der Waals surface area contributed by atoms with Gasteiger partial charge in [0.1, 0.15) is 0 Å². The van der Waals surface area contributed by atoms with Crippen LogP contribution in [0.15, 0.2) is 27.8 Å². The third kappa shape index (κ3) is 3.23. The van der Waals surface area contributed by atoms with Gasteiger partial charge in [-0.1, -0.05) is 21.1 Å². The van der Waals surface area contributed by atoms with Gasteiger partial charge < -0.3 is 16.3 Å². The molecule has 0 atom stereocenters. The summed E-state index contributed by atoms with van der Waals surface area (Å²) in [6.45, 7) is 1.86. The van der Waals surface area contributed by atoms with Crippen LogP contribution in [0.4, 0.5) is 0 Å². The Morgan fingerprint density at radius 2 is 2.31 bits per heavy atom. The predicted molar refractivity (Wildman–Crippen MR) is 64.6 cm³/mol. The minimum Gasteiger partial charge on any atom is -0.409 e. The number of benzene rings is 1. The molecule has 0 aliphatic carbocycles. The minimum atomic E-state index is -0.253. The first-order valence-electron chi connectivity index (χ1n) is 4.55. The summed E-state index contributed by atoms with van der Waals surface area (Å²) in [5.74, 6) is -0.292. The Bertz CT molecular complexity index is 432. The van der Waals surface area contributed by atoms with Crippen LogP contribution in [0, 0.1) is 6.92 Å². The molecule has 0 unspecified atom stereocenters. The van der Waals surface area contributed by atoms with Crippen molar-refractivity contribution in [3.05, 3.63) is 33.8 Å². The Labute approximate surface area is 101 Å². The van der Waals surface area contributed by atoms with Crippen LogP contribution >= 0.6 is 15.9 Å². The monoisotopic (exact) mass is 285 g/mol. The van der Waals surface area contributed by atoms with Crippen molar-refractivity contribution in [1.82, 2.24) is 5.32 Å². The van der Waals surface area contributed by atoms with Gasteiger partial charge in [0.05, 0.1) is 6.54 Å². The Morgan fingerprint density at radius 3 is 2.88 bits per heavy atom. The number of amides is 1. The summed E-state index contributed by atoms with van der Waals surface area (Å²) in [4.78, 5) is 11.7. The molecule has 6 heteroatoms. The first-order valence-corrected chi connectivity index (χ1v) is 5.34. The van der Waals surface area contributed by atoms with Gasteiger partial charge in [-0.2, -0.15) is 0 Å². The Balaban J connectivity index is 2.74. The molecule has 1 aromatic carbocycles. The summed E-state index contributed by atoms with van der Waals surface area (Å²) in [6.07, 6.45) is 0. The zero-order valence-corrected chi connectivity index (χ0v) is 10.3. The lowest BCUT2D eigenvalue weighted by Crippen LogP contribution is -2.33. The van der Waals surface area contributed by atoms with Crippen LogP contribution in [-0.4, -0.2) is 23.5 Å². The Hall–Kier alpha value is -1.56. The quantitative estimate of drug-likeness (QED) is 0.338. The van der Waals surface area contributed by atoms with Gasteiger partial charge in [0, 0.05) is 10.0 Å². The fraction of sp³-hybridized carbons (Fsp3) is 0.200. The van der Waals surface area contributed by atoms with Gasteiger partial charge in [0.25, 0.3) is 5.91 Å². The highest BCUT2D eigenvalue weighted by Crippen LogP contribution is 2.15. The van der Waals surface area contributed by atoms with E-state index < -0.39 is 0 Å². The maximum absolute atomic E-state index is 11.7. The first kappa shape index (κ1) is 12.5. The van der Waals surface area contributed by atoms with Gasteiger partial charge in [-0.05, 0) is 30.7 Å². The van der Waals surface area contributed by atoms with Gasteiger partial charge in [-0.3, -0.25) is 4.79 Å². The molecular weight excluding hydrogens is 274 g/mol. The average Bonchev–Trinajstić information content (AvgIpc) is 2.25. The third-order valence-corrected chi connectivity index (χ3v) is 2.48. The molecule has 0 aromatic heterocycles. The highest BCUT2D eigenvalue weighted by atomic mass is 79.9. The lowest BCUT2D eigenvalue weighted by Gasteiger charge is -2.07. The molecule has 86 valence electrons. The second-order valence-corrected chi connectivity index (χ2v) is 4.15. The second-order valence-electron chi connectivity index (χ2n) is 3.23. The van der Waals surface area contributed by atoms with E-state index in [1.54, 1.807) is 12.1 Å². The number of amidine groups is 1. The number of hydrogen-bond donors (Lipinski definition) is 3. The SMILES string of the molecule is Cc1cc(Br)ccc1C(=O)NC/C(N)=N/O. The summed E-state index contributed by atoms with van der Waals surface area (Å²) >= 11 is 3.31. The van der Waals surface area contributed by atoms with E-state index in [9.17, 15) is 4.79 Å². The number of rotatable bonds is 3. The number of carbonyl (C=O) groups is 1. The molecule has 5 nitrogen and oxygen atoms in total. The standard InChI is InChI=1S/C10H12BrN3O2/c1-6-4-7(11)2-3-8(6)10(15)13-5-9(12)14-16/h2-4,16H,5H2,1H3,(H2,12,14)(H,13,15). The summed E-state index contributed by atoms with van der Waals surface area (Å²) < 4.78 is 0.915. The zero-order chi connectivity index (χ0) is 12.1. The van der Waals surface area contributed by atoms with Gasteiger partial charge in [0.15, 0.2) is 5.84 Å².